The van der Waals surface area contributed by atoms with Gasteiger partial charge in [-0.3, -0.25) is 4.99 Å². The highest BCUT2D eigenvalue weighted by molar-refractivity contribution is 5.79. The van der Waals surface area contributed by atoms with Gasteiger partial charge in [0.05, 0.1) is 6.54 Å². The molecule has 1 aliphatic heterocycles. The number of benzene rings is 2. The minimum Gasteiger partial charge on any atom is -0.357 e. The number of nitrogens with zero attached hydrogens (tertiary/aromatic N) is 4. The second-order valence-corrected chi connectivity index (χ2v) is 8.62. The molecular weight excluding hydrogens is 408 g/mol. The molecule has 2 N–H and O–H groups in total. The molecule has 0 fully saturated rings. The van der Waals surface area contributed by atoms with Gasteiger partial charge in [-0.2, -0.15) is 0 Å². The second-order valence-electron chi connectivity index (χ2n) is 8.62. The van der Waals surface area contributed by atoms with Crippen LogP contribution in [0.1, 0.15) is 61.3 Å². The molecule has 0 bridgehead atoms. The summed E-state index contributed by atoms with van der Waals surface area (Å²) in [4.78, 5) is 4.94. The van der Waals surface area contributed by atoms with Crippen LogP contribution in [-0.2, 0) is 19.4 Å². The number of aromatic nitrogens is 3. The maximum Gasteiger partial charge on any atom is 0.191 e. The summed E-state index contributed by atoms with van der Waals surface area (Å²) in [6.07, 6.45) is 6.76. The first kappa shape index (κ1) is 23.0. The van der Waals surface area contributed by atoms with Crippen LogP contribution in [0.2, 0.25) is 0 Å². The summed E-state index contributed by atoms with van der Waals surface area (Å²) < 4.78 is 2.34. The molecule has 4 rings (SSSR count). The maximum atomic E-state index is 4.94. The first-order valence-corrected chi connectivity index (χ1v) is 12.4. The van der Waals surface area contributed by atoms with Crippen LogP contribution >= 0.6 is 0 Å². The van der Waals surface area contributed by atoms with Gasteiger partial charge >= 0.3 is 0 Å². The van der Waals surface area contributed by atoms with Gasteiger partial charge in [0.2, 0.25) is 0 Å². The predicted molar refractivity (Wildman–Crippen MR) is 135 cm³/mol. The Balaban J connectivity index is 1.36. The minimum atomic E-state index is 0.231. The van der Waals surface area contributed by atoms with E-state index in [-0.39, 0.29) is 5.92 Å². The number of hydrogen-bond donors (Lipinski definition) is 2. The predicted octanol–water partition coefficient (Wildman–Crippen LogP) is 4.32. The van der Waals surface area contributed by atoms with Crippen molar-refractivity contribution in [3.05, 3.63) is 83.4 Å². The molecule has 0 atom stereocenters. The third-order valence-electron chi connectivity index (χ3n) is 6.24. The second kappa shape index (κ2) is 12.2. The van der Waals surface area contributed by atoms with E-state index in [1.54, 1.807) is 0 Å². The molecule has 6 heteroatoms. The van der Waals surface area contributed by atoms with Crippen molar-refractivity contribution in [2.45, 2.75) is 57.9 Å². The highest BCUT2D eigenvalue weighted by atomic mass is 15.3. The van der Waals surface area contributed by atoms with Crippen molar-refractivity contribution in [3.8, 4) is 0 Å². The maximum absolute atomic E-state index is 4.94. The number of aryl methyl sites for hydroxylation is 2. The van der Waals surface area contributed by atoms with Crippen molar-refractivity contribution in [2.24, 2.45) is 4.99 Å². The molecule has 33 heavy (non-hydrogen) atoms. The van der Waals surface area contributed by atoms with Crippen molar-refractivity contribution in [1.29, 1.82) is 0 Å². The number of hydrogen-bond acceptors (Lipinski definition) is 3. The first-order chi connectivity index (χ1) is 16.3. The zero-order valence-electron chi connectivity index (χ0n) is 19.7. The Labute approximate surface area is 197 Å². The molecule has 0 amide bonds. The molecule has 0 saturated carbocycles. The monoisotopic (exact) mass is 444 g/mol. The van der Waals surface area contributed by atoms with Gasteiger partial charge in [-0.15, -0.1) is 10.2 Å². The van der Waals surface area contributed by atoms with Crippen molar-refractivity contribution >= 4 is 5.96 Å². The van der Waals surface area contributed by atoms with Gasteiger partial charge in [-0.25, -0.2) is 0 Å². The SMILES string of the molecule is CCNC(=NCC(c1ccccc1)c1ccccc1)NCCCc1nnc2n1CCCCC2. The van der Waals surface area contributed by atoms with Gasteiger partial charge in [-0.1, -0.05) is 67.1 Å². The Bertz CT molecular complexity index is 956. The number of fused-ring (bicyclic) bond motifs is 1. The Hall–Kier alpha value is -3.15. The molecule has 6 nitrogen and oxygen atoms in total. The van der Waals surface area contributed by atoms with Crippen LogP contribution in [0.4, 0.5) is 0 Å². The van der Waals surface area contributed by atoms with Crippen LogP contribution < -0.4 is 10.6 Å². The third-order valence-corrected chi connectivity index (χ3v) is 6.24. The van der Waals surface area contributed by atoms with Crippen molar-refractivity contribution in [2.75, 3.05) is 19.6 Å². The number of aliphatic imine (C=N–C) groups is 1. The number of guanidine groups is 1. The molecule has 0 spiro atoms. The van der Waals surface area contributed by atoms with Crippen LogP contribution in [0.3, 0.4) is 0 Å². The van der Waals surface area contributed by atoms with Crippen LogP contribution in [0.25, 0.3) is 0 Å². The van der Waals surface area contributed by atoms with Gasteiger partial charge in [0.1, 0.15) is 11.6 Å². The molecule has 0 aliphatic carbocycles. The summed E-state index contributed by atoms with van der Waals surface area (Å²) in [7, 11) is 0. The van der Waals surface area contributed by atoms with Crippen LogP contribution in [0.15, 0.2) is 65.7 Å². The number of nitrogens with one attached hydrogen (secondary N) is 2. The van der Waals surface area contributed by atoms with E-state index < -0.39 is 0 Å². The van der Waals surface area contributed by atoms with E-state index in [0.717, 1.165) is 50.7 Å². The number of rotatable bonds is 9. The van der Waals surface area contributed by atoms with E-state index in [1.807, 2.05) is 0 Å². The van der Waals surface area contributed by atoms with Crippen LogP contribution in [0.5, 0.6) is 0 Å². The zero-order valence-corrected chi connectivity index (χ0v) is 19.7. The van der Waals surface area contributed by atoms with Gasteiger partial charge in [0.15, 0.2) is 5.96 Å². The van der Waals surface area contributed by atoms with Gasteiger partial charge in [0, 0.05) is 38.4 Å². The Morgan fingerprint density at radius 2 is 1.67 bits per heavy atom. The van der Waals surface area contributed by atoms with Gasteiger partial charge in [0.25, 0.3) is 0 Å². The molecule has 174 valence electrons. The van der Waals surface area contributed by atoms with E-state index in [9.17, 15) is 0 Å². The Morgan fingerprint density at radius 1 is 0.939 bits per heavy atom. The van der Waals surface area contributed by atoms with Crippen molar-refractivity contribution < 1.29 is 0 Å². The zero-order chi connectivity index (χ0) is 22.7. The van der Waals surface area contributed by atoms with Gasteiger partial charge < -0.3 is 15.2 Å². The van der Waals surface area contributed by atoms with E-state index in [1.165, 1.54) is 36.2 Å². The topological polar surface area (TPSA) is 67.1 Å². The average Bonchev–Trinajstić information content (AvgIpc) is 3.08. The molecule has 0 radical (unpaired) electrons. The summed E-state index contributed by atoms with van der Waals surface area (Å²) in [5, 5.41) is 15.8. The molecule has 2 heterocycles. The lowest BCUT2D eigenvalue weighted by molar-refractivity contribution is 0.593. The summed E-state index contributed by atoms with van der Waals surface area (Å²) in [5.74, 6) is 3.39. The molecule has 0 unspecified atom stereocenters. The first-order valence-electron chi connectivity index (χ1n) is 12.4. The van der Waals surface area contributed by atoms with E-state index in [4.69, 9.17) is 4.99 Å². The van der Waals surface area contributed by atoms with Crippen LogP contribution in [0, 0.1) is 0 Å². The van der Waals surface area contributed by atoms with Gasteiger partial charge in [-0.05, 0) is 37.3 Å². The fraction of sp³-hybridized carbons (Fsp3) is 0.444. The molecule has 1 aromatic heterocycles. The lowest BCUT2D eigenvalue weighted by Gasteiger charge is -2.18. The van der Waals surface area contributed by atoms with E-state index >= 15 is 0 Å². The van der Waals surface area contributed by atoms with E-state index in [2.05, 4.69) is 93.0 Å². The quantitative estimate of drug-likeness (QED) is 0.293. The van der Waals surface area contributed by atoms with E-state index in [0.29, 0.717) is 6.54 Å². The normalized spacial score (nSPS) is 14.1. The molecule has 1 aliphatic rings. The summed E-state index contributed by atoms with van der Waals surface area (Å²) >= 11 is 0. The summed E-state index contributed by atoms with van der Waals surface area (Å²) in [6.45, 7) is 5.56. The molecule has 2 aromatic carbocycles. The molecule has 0 saturated heterocycles. The summed E-state index contributed by atoms with van der Waals surface area (Å²) in [6, 6.07) is 21.3. The highest BCUT2D eigenvalue weighted by Gasteiger charge is 2.15. The van der Waals surface area contributed by atoms with Crippen LogP contribution in [-0.4, -0.2) is 40.4 Å². The Morgan fingerprint density at radius 3 is 2.36 bits per heavy atom. The fourth-order valence-electron chi connectivity index (χ4n) is 4.48. The average molecular weight is 445 g/mol. The lowest BCUT2D eigenvalue weighted by atomic mass is 9.91. The summed E-state index contributed by atoms with van der Waals surface area (Å²) in [5.41, 5.74) is 2.58. The Kier molecular flexibility index (Phi) is 8.50. The minimum absolute atomic E-state index is 0.231. The highest BCUT2D eigenvalue weighted by Crippen LogP contribution is 2.24. The van der Waals surface area contributed by atoms with Crippen molar-refractivity contribution in [3.63, 3.8) is 0 Å². The fourth-order valence-corrected chi connectivity index (χ4v) is 4.48. The molecular formula is C27H36N6. The molecule has 3 aromatic rings. The van der Waals surface area contributed by atoms with Crippen molar-refractivity contribution in [1.82, 2.24) is 25.4 Å². The smallest absolute Gasteiger partial charge is 0.191 e. The third kappa shape index (κ3) is 6.44. The lowest BCUT2D eigenvalue weighted by Crippen LogP contribution is -2.38. The standard InChI is InChI=1S/C27H36N6/c1-2-28-27(29-19-12-18-26-32-31-25-17-10-5-11-20-33(25)26)30-21-24(22-13-6-3-7-14-22)23-15-8-4-9-16-23/h3-4,6-9,13-16,24H,2,5,10-12,17-21H2,1H3,(H2,28,29,30). The largest absolute Gasteiger partial charge is 0.357 e.